The summed E-state index contributed by atoms with van der Waals surface area (Å²) in [6.45, 7) is -0.322. The van der Waals surface area contributed by atoms with Crippen LogP contribution in [0.5, 0.6) is 5.88 Å². The van der Waals surface area contributed by atoms with E-state index in [0.717, 1.165) is 11.7 Å². The molecule has 4 aliphatic heterocycles. The second-order valence-electron chi connectivity index (χ2n) is 6.50. The summed E-state index contributed by atoms with van der Waals surface area (Å²) in [5.41, 5.74) is -1.67. The Morgan fingerprint density at radius 3 is 2.86 bits per heavy atom. The van der Waals surface area contributed by atoms with E-state index in [0.29, 0.717) is 17.6 Å². The first-order chi connectivity index (χ1) is 13.6. The maximum absolute atomic E-state index is 12.7. The summed E-state index contributed by atoms with van der Waals surface area (Å²) in [6, 6.07) is -0.513. The summed E-state index contributed by atoms with van der Waals surface area (Å²) < 4.78 is 54.4. The van der Waals surface area contributed by atoms with Gasteiger partial charge in [-0.15, -0.1) is 0 Å². The molecule has 0 saturated heterocycles. The minimum atomic E-state index is -4.36. The molecule has 5 heterocycles. The first kappa shape index (κ1) is 20.2. The van der Waals surface area contributed by atoms with Crippen LogP contribution in [0.3, 0.4) is 0 Å². The van der Waals surface area contributed by atoms with E-state index in [1.807, 2.05) is 0 Å². The van der Waals surface area contributed by atoms with Crippen molar-refractivity contribution in [1.82, 2.24) is 9.30 Å². The minimum absolute atomic E-state index is 0.00396. The van der Waals surface area contributed by atoms with Gasteiger partial charge in [0.05, 0.1) is 19.8 Å². The summed E-state index contributed by atoms with van der Waals surface area (Å²) in [7, 11) is -7.49. The van der Waals surface area contributed by atoms with Gasteiger partial charge in [-0.2, -0.15) is 0 Å². The van der Waals surface area contributed by atoms with Crippen molar-refractivity contribution in [3.8, 4) is 5.88 Å². The second kappa shape index (κ2) is 6.99. The molecule has 1 aromatic heterocycles. The molecule has 0 amide bonds. The van der Waals surface area contributed by atoms with Crippen molar-refractivity contribution in [3.63, 3.8) is 0 Å². The van der Waals surface area contributed by atoms with Gasteiger partial charge in [0.1, 0.15) is 5.56 Å². The van der Waals surface area contributed by atoms with E-state index >= 15 is 0 Å². The molecule has 1 saturated carbocycles. The molecule has 29 heavy (non-hydrogen) atoms. The fourth-order valence-corrected chi connectivity index (χ4v) is 5.28. The Kier molecular flexibility index (Phi) is 4.87. The predicted octanol–water partition coefficient (Wildman–Crippen LogP) is 0.505. The normalized spacial score (nSPS) is 28.9. The Hall–Kier alpha value is -2.11. The lowest BCUT2D eigenvalue weighted by Gasteiger charge is -2.22. The Balaban J connectivity index is 1.52. The Morgan fingerprint density at radius 2 is 2.14 bits per heavy atom. The van der Waals surface area contributed by atoms with Crippen LogP contribution in [0.2, 0.25) is 0 Å². The third kappa shape index (κ3) is 3.62. The fraction of sp³-hybridized carbons (Fsp3) is 0.615. The summed E-state index contributed by atoms with van der Waals surface area (Å²) >= 11 is 0. The largest absolute Gasteiger partial charge is 0.608 e. The number of hydrogen-bond acceptors (Lipinski definition) is 11. The molecule has 16 heteroatoms. The minimum Gasteiger partial charge on any atom is -0.437 e. The Morgan fingerprint density at radius 1 is 1.38 bits per heavy atom. The lowest BCUT2D eigenvalue weighted by atomic mass is 10.2. The van der Waals surface area contributed by atoms with E-state index in [9.17, 15) is 28.4 Å². The molecule has 1 N–H and O–H groups in total. The van der Waals surface area contributed by atoms with Crippen LogP contribution in [-0.4, -0.2) is 39.9 Å². The van der Waals surface area contributed by atoms with Crippen LogP contribution < -0.4 is 20.4 Å². The van der Waals surface area contributed by atoms with E-state index in [-0.39, 0.29) is 24.5 Å². The number of carbonyl (C=O) groups excluding carboxylic acids is 1. The van der Waals surface area contributed by atoms with Crippen molar-refractivity contribution in [2.75, 3.05) is 13.5 Å². The zero-order chi connectivity index (χ0) is 21.0. The summed E-state index contributed by atoms with van der Waals surface area (Å²) in [5.74, 6) is -0.171. The molecule has 1 fully saturated rings. The van der Waals surface area contributed by atoms with Gasteiger partial charge in [0.2, 0.25) is 5.88 Å². The number of rotatable bonds is 5. The molecule has 6 rings (SSSR count). The van der Waals surface area contributed by atoms with Crippen molar-refractivity contribution in [1.29, 1.82) is 0 Å². The number of carbonyl (C=O) groups is 1. The van der Waals surface area contributed by atoms with Crippen molar-refractivity contribution in [3.05, 3.63) is 26.4 Å². The van der Waals surface area contributed by atoms with Crippen LogP contribution in [-0.2, 0) is 34.3 Å². The summed E-state index contributed by atoms with van der Waals surface area (Å²) in [5, 5.41) is 0. The van der Waals surface area contributed by atoms with Gasteiger partial charge in [0.15, 0.2) is 6.35 Å². The molecule has 160 valence electrons. The van der Waals surface area contributed by atoms with Gasteiger partial charge in [-0.25, -0.2) is 18.7 Å². The van der Waals surface area contributed by atoms with Crippen molar-refractivity contribution < 1.29 is 46.5 Å². The van der Waals surface area contributed by atoms with Crippen LogP contribution >= 0.6 is 15.4 Å². The number of fused-ring (bicyclic) bond motifs is 2. The number of ether oxygens (including phenoxy) is 2. The zero-order valence-corrected chi connectivity index (χ0v) is 16.7. The topological polar surface area (TPSA) is 171 Å². The van der Waals surface area contributed by atoms with E-state index in [4.69, 9.17) is 18.4 Å². The Bertz CT molecular complexity index is 1080. The Labute approximate surface area is 161 Å². The number of hydrogen-bond donors (Lipinski definition) is 1. The highest BCUT2D eigenvalue weighted by Crippen LogP contribution is 2.53. The maximum Gasteiger partial charge on any atom is 0.608 e. The van der Waals surface area contributed by atoms with Crippen LogP contribution in [0.4, 0.5) is 4.79 Å². The lowest BCUT2D eigenvalue weighted by Crippen LogP contribution is -2.42. The average molecular weight is 454 g/mol. The second-order valence-corrected chi connectivity index (χ2v) is 9.71. The fourth-order valence-electron chi connectivity index (χ4n) is 3.35. The van der Waals surface area contributed by atoms with E-state index in [2.05, 4.69) is 9.26 Å². The number of aromatic nitrogens is 2. The highest BCUT2D eigenvalue weighted by atomic mass is 31.2. The van der Waals surface area contributed by atoms with Gasteiger partial charge in [0, 0.05) is 6.04 Å². The molecular formula is C13H16N2O12P2. The molecule has 1 aliphatic carbocycles. The third-order valence-electron chi connectivity index (χ3n) is 4.63. The monoisotopic (exact) mass is 454 g/mol. The van der Waals surface area contributed by atoms with E-state index in [1.54, 1.807) is 0 Å². The van der Waals surface area contributed by atoms with Crippen LogP contribution in [0, 0.1) is 0 Å². The lowest BCUT2D eigenvalue weighted by molar-refractivity contribution is 0.0682. The number of phosphoric acid groups is 1. The first-order valence-corrected chi connectivity index (χ1v) is 11.6. The van der Waals surface area contributed by atoms with Gasteiger partial charge in [-0.1, -0.05) is 4.73 Å². The van der Waals surface area contributed by atoms with Crippen LogP contribution in [0.15, 0.2) is 9.59 Å². The third-order valence-corrected chi connectivity index (χ3v) is 6.74. The quantitative estimate of drug-likeness (QED) is 0.483. The summed E-state index contributed by atoms with van der Waals surface area (Å²) in [6.07, 6.45) is -1.59. The van der Waals surface area contributed by atoms with E-state index < -0.39 is 51.3 Å². The zero-order valence-electron chi connectivity index (χ0n) is 14.9. The SMILES string of the molecule is COC(=O)OP(=O)(O)COC1CCC(n2c3c4c(=O)n(c2=O)OP(=O)(OC4)O3)C1. The molecule has 0 spiro atoms. The van der Waals surface area contributed by atoms with Crippen molar-refractivity contribution >= 4 is 21.6 Å². The highest BCUT2D eigenvalue weighted by Gasteiger charge is 2.47. The van der Waals surface area contributed by atoms with Gasteiger partial charge in [0.25, 0.3) is 5.56 Å². The standard InChI is InChI=1S/C13H16N2O12P2/c1-22-13(18)26-28(19,20)6-23-8-3-2-7(4-8)14-11-9-5-24-29(21,25-11)27-15(10(9)16)12(14)17/h7-8H,2-6H2,1H3,(H,19,20). The molecule has 5 aliphatic rings. The molecule has 4 unspecified atom stereocenters. The van der Waals surface area contributed by atoms with Gasteiger partial charge < -0.3 is 23.4 Å². The van der Waals surface area contributed by atoms with Crippen molar-refractivity contribution in [2.45, 2.75) is 38.0 Å². The van der Waals surface area contributed by atoms with Gasteiger partial charge >= 0.3 is 27.3 Å². The molecule has 1 aromatic rings. The average Bonchev–Trinajstić information content (AvgIpc) is 3.00. The maximum atomic E-state index is 12.7. The first-order valence-electron chi connectivity index (χ1n) is 8.38. The highest BCUT2D eigenvalue weighted by molar-refractivity contribution is 7.53. The smallest absolute Gasteiger partial charge is 0.437 e. The molecule has 4 bridgehead atoms. The van der Waals surface area contributed by atoms with Gasteiger partial charge in [-0.3, -0.25) is 18.5 Å². The van der Waals surface area contributed by atoms with Crippen LogP contribution in [0.1, 0.15) is 30.9 Å². The molecule has 4 atom stereocenters. The van der Waals surface area contributed by atoms with E-state index in [1.165, 1.54) is 0 Å². The van der Waals surface area contributed by atoms with Crippen molar-refractivity contribution in [2.24, 2.45) is 0 Å². The summed E-state index contributed by atoms with van der Waals surface area (Å²) in [4.78, 5) is 45.5. The van der Waals surface area contributed by atoms with Gasteiger partial charge in [-0.05, 0) is 19.3 Å². The number of nitrogens with zero attached hydrogens (tertiary/aromatic N) is 2. The van der Waals surface area contributed by atoms with Crippen LogP contribution in [0.25, 0.3) is 0 Å². The number of methoxy groups -OCH3 is 1. The molecule has 0 aromatic carbocycles. The predicted molar refractivity (Wildman–Crippen MR) is 90.5 cm³/mol. The molecular weight excluding hydrogens is 438 g/mol. The molecule has 14 nitrogen and oxygen atoms in total. The molecule has 0 radical (unpaired) electrons. The number of phosphoric ester groups is 1.